The quantitative estimate of drug-likeness (QED) is 0.0119. The van der Waals surface area contributed by atoms with Crippen LogP contribution in [0, 0.1) is 0 Å². The molecule has 2 aliphatic heterocycles. The third-order valence-electron chi connectivity index (χ3n) is 11.8. The highest BCUT2D eigenvalue weighted by molar-refractivity contribution is 8.00. The molecule has 0 bridgehead atoms. The fraction of sp³-hybridized carbons (Fsp3) is 0.750. The number of nitrogens with zero attached hydrogens (tertiary/aromatic N) is 1. The molecule has 11 amide bonds. The molecule has 2 rings (SSSR count). The molecule has 9 atom stereocenters. The number of unbranched alkanes of at least 4 members (excludes halogenated alkanes) is 4. The summed E-state index contributed by atoms with van der Waals surface area (Å²) in [5, 5.41) is 44.3. The van der Waals surface area contributed by atoms with Crippen LogP contribution in [-0.4, -0.2) is 168 Å². The van der Waals surface area contributed by atoms with E-state index in [2.05, 4.69) is 52.8 Å². The van der Waals surface area contributed by atoms with Crippen LogP contribution < -0.4 is 76.5 Å². The normalized spacial score (nSPS) is 18.2. The second-order valence-electron chi connectivity index (χ2n) is 17.9. The highest BCUT2D eigenvalue weighted by Crippen LogP contribution is 2.33. The number of hydrogen-bond donors (Lipinski definition) is 16. The van der Waals surface area contributed by atoms with E-state index in [1.807, 2.05) is 11.8 Å². The Bertz CT molecular complexity index is 1840. The van der Waals surface area contributed by atoms with Crippen LogP contribution >= 0.6 is 11.8 Å². The number of carbonyl (C=O) groups excluding carboxylic acids is 10. The Morgan fingerprint density at radius 1 is 0.611 bits per heavy atom. The van der Waals surface area contributed by atoms with Crippen LogP contribution in [0.3, 0.4) is 0 Å². The topological polar surface area (TPSA) is 462 Å². The number of nitrogens with one attached hydrogen (secondary N) is 9. The molecule has 0 aromatic rings. The Kier molecular flexibility index (Phi) is 29.7. The number of rotatable bonds is 38. The number of guanidine groups is 1. The lowest BCUT2D eigenvalue weighted by Crippen LogP contribution is -2.60. The summed E-state index contributed by atoms with van der Waals surface area (Å²) in [7, 11) is 0. The lowest BCUT2D eigenvalue weighted by Gasteiger charge is -2.27. The minimum absolute atomic E-state index is 0.00243. The van der Waals surface area contributed by atoms with Crippen molar-refractivity contribution in [3.8, 4) is 0 Å². The first-order valence-corrected chi connectivity index (χ1v) is 25.6. The maximum Gasteiger partial charge on any atom is 0.315 e. The first-order valence-electron chi connectivity index (χ1n) is 24.6. The predicted molar refractivity (Wildman–Crippen MR) is 267 cm³/mol. The Morgan fingerprint density at radius 3 is 1.74 bits per heavy atom. The fourth-order valence-electron chi connectivity index (χ4n) is 7.79. The van der Waals surface area contributed by atoms with E-state index < -0.39 is 96.7 Å². The van der Waals surface area contributed by atoms with Gasteiger partial charge in [-0.05, 0) is 84.1 Å². The molecule has 2 heterocycles. The van der Waals surface area contributed by atoms with Gasteiger partial charge in [-0.2, -0.15) is 11.8 Å². The minimum atomic E-state index is -1.66. The Morgan fingerprint density at radius 2 is 1.14 bits per heavy atom. The molecule has 27 nitrogen and oxygen atoms in total. The number of hydrogen-bond acceptors (Lipinski definition) is 15. The van der Waals surface area contributed by atoms with Gasteiger partial charge in [-0.1, -0.05) is 12.8 Å². The third kappa shape index (κ3) is 24.9. The number of thioether (sulfide) groups is 1. The lowest BCUT2D eigenvalue weighted by atomic mass is 10.0. The SMILES string of the molecule is CC(CCC(N)=O)NC(=O)C(CCC(N)=O)NC(=O)C(CO)NC(=O)C(CCCCN)NC(=O)C(CCCN=C(N)N)NC(=O)C(CO)NC(=O)CCCCCNC(=O)CCCCC1SCC2NC(=O)NC21. The van der Waals surface area contributed by atoms with Crippen molar-refractivity contribution < 1.29 is 58.2 Å². The van der Waals surface area contributed by atoms with Crippen molar-refractivity contribution in [1.82, 2.24) is 47.9 Å². The zero-order valence-corrected chi connectivity index (χ0v) is 42.0. The number of nitrogens with two attached hydrogens (primary N) is 5. The molecule has 9 unspecified atom stereocenters. The van der Waals surface area contributed by atoms with Crippen molar-refractivity contribution in [2.75, 3.05) is 38.6 Å². The van der Waals surface area contributed by atoms with E-state index in [9.17, 15) is 58.2 Å². The number of amides is 11. The van der Waals surface area contributed by atoms with Gasteiger partial charge in [0, 0.05) is 55.8 Å². The number of aliphatic hydroxyl groups is 2. The average Bonchev–Trinajstić information content (AvgIpc) is 3.89. The first-order chi connectivity index (χ1) is 34.3. The monoisotopic (exact) mass is 1040 g/mol. The molecule has 72 heavy (non-hydrogen) atoms. The predicted octanol–water partition coefficient (Wildman–Crippen LogP) is -4.98. The van der Waals surface area contributed by atoms with Crippen LogP contribution in [-0.2, 0) is 43.2 Å². The summed E-state index contributed by atoms with van der Waals surface area (Å²) >= 11 is 1.83. The summed E-state index contributed by atoms with van der Waals surface area (Å²) in [6, 6.07) is -7.61. The van der Waals surface area contributed by atoms with Crippen LogP contribution in [0.4, 0.5) is 4.79 Å². The van der Waals surface area contributed by atoms with E-state index in [0.29, 0.717) is 50.3 Å². The van der Waals surface area contributed by atoms with Crippen LogP contribution in [0.5, 0.6) is 0 Å². The number of fused-ring (bicyclic) bond motifs is 1. The van der Waals surface area contributed by atoms with Gasteiger partial charge in [0.2, 0.25) is 53.2 Å². The number of aliphatic imine (C=N–C) groups is 1. The van der Waals surface area contributed by atoms with E-state index in [-0.39, 0.29) is 94.4 Å². The molecule has 2 fully saturated rings. The second kappa shape index (κ2) is 34.4. The van der Waals surface area contributed by atoms with Crippen molar-refractivity contribution in [3.05, 3.63) is 0 Å². The van der Waals surface area contributed by atoms with Crippen LogP contribution in [0.2, 0.25) is 0 Å². The van der Waals surface area contributed by atoms with Gasteiger partial charge in [0.05, 0.1) is 25.3 Å². The summed E-state index contributed by atoms with van der Waals surface area (Å²) in [6.45, 7) is 0.516. The minimum Gasteiger partial charge on any atom is -0.394 e. The molecular formula is C44H79N15O12S. The molecule has 408 valence electrons. The van der Waals surface area contributed by atoms with Crippen LogP contribution in [0.15, 0.2) is 4.99 Å². The smallest absolute Gasteiger partial charge is 0.315 e. The van der Waals surface area contributed by atoms with Gasteiger partial charge in [-0.15, -0.1) is 0 Å². The fourth-order valence-corrected chi connectivity index (χ4v) is 9.33. The summed E-state index contributed by atoms with van der Waals surface area (Å²) in [5.74, 6) is -5.78. The van der Waals surface area contributed by atoms with E-state index in [1.165, 1.54) is 0 Å². The molecule has 0 aromatic heterocycles. The Hall–Kier alpha value is -6.00. The summed E-state index contributed by atoms with van der Waals surface area (Å²) in [6.07, 6.45) is 4.88. The molecule has 21 N–H and O–H groups in total. The summed E-state index contributed by atoms with van der Waals surface area (Å²) in [5.41, 5.74) is 27.0. The van der Waals surface area contributed by atoms with Gasteiger partial charge in [0.1, 0.15) is 30.2 Å². The maximum atomic E-state index is 13.9. The van der Waals surface area contributed by atoms with Crippen LogP contribution in [0.25, 0.3) is 0 Å². The van der Waals surface area contributed by atoms with Crippen molar-refractivity contribution in [2.24, 2.45) is 33.7 Å². The number of urea groups is 1. The molecule has 28 heteroatoms. The number of carbonyl (C=O) groups is 10. The van der Waals surface area contributed by atoms with Crippen molar-refractivity contribution in [3.63, 3.8) is 0 Å². The second-order valence-corrected chi connectivity index (χ2v) is 19.2. The van der Waals surface area contributed by atoms with Gasteiger partial charge < -0.3 is 86.7 Å². The molecule has 2 aliphatic rings. The standard InChI is InChI=1S/C44H79N15O12S/c1-25(15-17-33(46)62)52-38(66)28(16-18-34(47)63)56-42(70)30(23-61)57-40(68)26(10-6-7-19-45)54-39(67)27(11-9-21-51-43(48)49)55-41(69)29(22-60)53-36(65)14-3-2-8-20-50-35(64)13-5-4-12-32-37-31(24-72-32)58-44(71)59-37/h25-32,37,60-61H,2-24,45H2,1H3,(H2,46,62)(H2,47,63)(H,50,64)(H,52,66)(H,53,65)(H,54,67)(H,55,69)(H,56,70)(H,57,68)(H4,48,49,51)(H2,58,59,71). The zero-order valence-electron chi connectivity index (χ0n) is 41.2. The molecular weight excluding hydrogens is 963 g/mol. The molecule has 0 saturated carbocycles. The molecule has 0 spiro atoms. The van der Waals surface area contributed by atoms with Crippen molar-refractivity contribution in [1.29, 1.82) is 0 Å². The van der Waals surface area contributed by atoms with Crippen molar-refractivity contribution in [2.45, 2.75) is 170 Å². The van der Waals surface area contributed by atoms with Gasteiger partial charge in [-0.3, -0.25) is 48.1 Å². The molecule has 2 saturated heterocycles. The van der Waals surface area contributed by atoms with Gasteiger partial charge >= 0.3 is 6.03 Å². The summed E-state index contributed by atoms with van der Waals surface area (Å²) in [4.78, 5) is 131. The van der Waals surface area contributed by atoms with Gasteiger partial charge in [-0.25, -0.2) is 4.79 Å². The largest absolute Gasteiger partial charge is 0.394 e. The van der Waals surface area contributed by atoms with E-state index in [4.69, 9.17) is 28.7 Å². The van der Waals surface area contributed by atoms with Crippen LogP contribution in [0.1, 0.15) is 116 Å². The maximum absolute atomic E-state index is 13.9. The Labute approximate surface area is 423 Å². The third-order valence-corrected chi connectivity index (χ3v) is 13.3. The van der Waals surface area contributed by atoms with E-state index in [1.54, 1.807) is 6.92 Å². The number of aliphatic hydroxyl groups excluding tert-OH is 2. The van der Waals surface area contributed by atoms with Gasteiger partial charge in [0.15, 0.2) is 5.96 Å². The Balaban J connectivity index is 1.98. The lowest BCUT2D eigenvalue weighted by molar-refractivity contribution is -0.136. The van der Waals surface area contributed by atoms with E-state index in [0.717, 1.165) is 25.0 Å². The number of primary amides is 2. The zero-order chi connectivity index (χ0) is 53.6. The molecule has 0 aromatic carbocycles. The van der Waals surface area contributed by atoms with Crippen molar-refractivity contribution >= 4 is 76.9 Å². The molecule has 0 radical (unpaired) electrons. The summed E-state index contributed by atoms with van der Waals surface area (Å²) < 4.78 is 0. The highest BCUT2D eigenvalue weighted by atomic mass is 32.2. The highest BCUT2D eigenvalue weighted by Gasteiger charge is 2.42. The average molecular weight is 1040 g/mol. The van der Waals surface area contributed by atoms with E-state index >= 15 is 0 Å². The van der Waals surface area contributed by atoms with Gasteiger partial charge in [0.25, 0.3) is 0 Å². The molecule has 0 aliphatic carbocycles. The first kappa shape index (κ1) is 62.1.